The van der Waals surface area contributed by atoms with Crippen molar-refractivity contribution in [2.45, 2.75) is 18.7 Å². The van der Waals surface area contributed by atoms with Crippen LogP contribution in [0.2, 0.25) is 0 Å². The zero-order valence-electron chi connectivity index (χ0n) is 14.5. The first-order valence-electron chi connectivity index (χ1n) is 8.86. The van der Waals surface area contributed by atoms with Crippen molar-refractivity contribution in [3.05, 3.63) is 51.4 Å². The molecule has 2 aliphatic heterocycles. The number of carbonyl (C=O) groups excluding carboxylic acids is 1. The third-order valence-electron chi connectivity index (χ3n) is 5.08. The number of thioether (sulfide) groups is 1. The molecular formula is C18H17N5O2S2. The summed E-state index contributed by atoms with van der Waals surface area (Å²) in [4.78, 5) is 26.8. The fourth-order valence-corrected chi connectivity index (χ4v) is 5.05. The summed E-state index contributed by atoms with van der Waals surface area (Å²) in [7, 11) is 0. The number of carbonyl (C=O) groups is 1. The van der Waals surface area contributed by atoms with Crippen LogP contribution >= 0.6 is 23.5 Å². The van der Waals surface area contributed by atoms with Crippen LogP contribution in [0.15, 0.2) is 29.1 Å². The smallest absolute Gasteiger partial charge is 0.267 e. The van der Waals surface area contributed by atoms with Crippen molar-refractivity contribution in [3.63, 3.8) is 0 Å². The molecule has 2 aromatic heterocycles. The van der Waals surface area contributed by atoms with Crippen LogP contribution in [0, 0.1) is 5.92 Å². The van der Waals surface area contributed by atoms with Gasteiger partial charge in [-0.2, -0.15) is 25.6 Å². The molecule has 0 unspecified atom stereocenters. The normalized spacial score (nSPS) is 17.0. The Morgan fingerprint density at radius 3 is 2.93 bits per heavy atom. The molecule has 0 saturated carbocycles. The van der Waals surface area contributed by atoms with Crippen LogP contribution in [0.3, 0.4) is 0 Å². The minimum atomic E-state index is -0.0393. The summed E-state index contributed by atoms with van der Waals surface area (Å²) in [6.45, 7) is 1.86. The first kappa shape index (κ1) is 16.9. The van der Waals surface area contributed by atoms with Gasteiger partial charge in [0, 0.05) is 42.8 Å². The van der Waals surface area contributed by atoms with Gasteiger partial charge in [0.1, 0.15) is 11.0 Å². The minimum absolute atomic E-state index is 0.00363. The molecule has 4 heterocycles. The number of benzene rings is 1. The van der Waals surface area contributed by atoms with E-state index in [-0.39, 0.29) is 17.4 Å². The monoisotopic (exact) mass is 399 g/mol. The second-order valence-corrected chi connectivity index (χ2v) is 8.62. The van der Waals surface area contributed by atoms with Gasteiger partial charge < -0.3 is 4.90 Å². The summed E-state index contributed by atoms with van der Waals surface area (Å²) < 4.78 is 9.93. The lowest BCUT2D eigenvalue weighted by molar-refractivity contribution is 0.0458. The van der Waals surface area contributed by atoms with Gasteiger partial charge in [0.2, 0.25) is 0 Å². The fourth-order valence-electron chi connectivity index (χ4n) is 3.58. The van der Waals surface area contributed by atoms with Crippen LogP contribution in [0.4, 0.5) is 0 Å². The summed E-state index contributed by atoms with van der Waals surface area (Å²) in [6.07, 6.45) is 0.920. The van der Waals surface area contributed by atoms with Gasteiger partial charge in [-0.05, 0) is 29.5 Å². The summed E-state index contributed by atoms with van der Waals surface area (Å²) in [5.41, 5.74) is 4.29. The Morgan fingerprint density at radius 2 is 2.04 bits per heavy atom. The molecule has 0 bridgehead atoms. The molecule has 27 heavy (non-hydrogen) atoms. The molecule has 9 heteroatoms. The predicted octanol–water partition coefficient (Wildman–Crippen LogP) is 1.81. The van der Waals surface area contributed by atoms with Crippen molar-refractivity contribution in [1.82, 2.24) is 23.4 Å². The molecule has 138 valence electrons. The quantitative estimate of drug-likeness (QED) is 0.668. The largest absolute Gasteiger partial charge is 0.338 e. The van der Waals surface area contributed by atoms with Gasteiger partial charge in [-0.3, -0.25) is 9.59 Å². The van der Waals surface area contributed by atoms with E-state index in [2.05, 4.69) is 13.8 Å². The van der Waals surface area contributed by atoms with Crippen LogP contribution in [0.1, 0.15) is 21.6 Å². The van der Waals surface area contributed by atoms with Crippen LogP contribution < -0.4 is 5.56 Å². The summed E-state index contributed by atoms with van der Waals surface area (Å²) in [6, 6.07) is 7.15. The van der Waals surface area contributed by atoms with Crippen molar-refractivity contribution < 1.29 is 4.79 Å². The van der Waals surface area contributed by atoms with Gasteiger partial charge in [-0.1, -0.05) is 0 Å². The highest BCUT2D eigenvalue weighted by molar-refractivity contribution is 7.98. The number of hydrogen-bond acceptors (Lipinski definition) is 7. The molecule has 1 aromatic carbocycles. The molecule has 2 aliphatic rings. The molecule has 3 aromatic rings. The average Bonchev–Trinajstić information content (AvgIpc) is 3.11. The number of likely N-dealkylation sites (tertiary alicyclic amines) is 1. The van der Waals surface area contributed by atoms with E-state index in [0.29, 0.717) is 25.2 Å². The third kappa shape index (κ3) is 3.14. The van der Waals surface area contributed by atoms with E-state index in [1.807, 2.05) is 22.7 Å². The van der Waals surface area contributed by atoms with Crippen LogP contribution in [0.5, 0.6) is 0 Å². The van der Waals surface area contributed by atoms with E-state index in [1.54, 1.807) is 22.9 Å². The van der Waals surface area contributed by atoms with Crippen LogP contribution in [0.25, 0.3) is 11.0 Å². The standard InChI is InChI=1S/C18H17N5O2S2/c24-17-6-13-10-26-4-3-14(13)19-23(17)9-11-7-22(8-11)18(25)12-1-2-15-16(5-12)21-27-20-15/h1-2,5-6,11H,3-4,7-10H2. The van der Waals surface area contributed by atoms with E-state index < -0.39 is 0 Å². The van der Waals surface area contributed by atoms with Crippen molar-refractivity contribution >= 4 is 40.4 Å². The number of fused-ring (bicyclic) bond motifs is 2. The lowest BCUT2D eigenvalue weighted by Gasteiger charge is -2.39. The van der Waals surface area contributed by atoms with Gasteiger partial charge in [0.25, 0.3) is 11.5 Å². The van der Waals surface area contributed by atoms with E-state index in [9.17, 15) is 9.59 Å². The summed E-state index contributed by atoms with van der Waals surface area (Å²) >= 11 is 2.99. The summed E-state index contributed by atoms with van der Waals surface area (Å²) in [5.74, 6) is 2.20. The maximum atomic E-state index is 12.6. The number of aromatic nitrogens is 4. The SMILES string of the molecule is O=C(c1ccc2nsnc2c1)N1CC(Cn2nc3c(cc2=O)CSCC3)C1. The molecule has 0 radical (unpaired) electrons. The van der Waals surface area contributed by atoms with Gasteiger partial charge in [0.05, 0.1) is 24.0 Å². The lowest BCUT2D eigenvalue weighted by atomic mass is 9.98. The number of rotatable bonds is 3. The molecule has 1 amide bonds. The topological polar surface area (TPSA) is 81.0 Å². The van der Waals surface area contributed by atoms with Crippen molar-refractivity contribution in [2.24, 2.45) is 5.92 Å². The maximum Gasteiger partial charge on any atom is 0.267 e. The number of amides is 1. The summed E-state index contributed by atoms with van der Waals surface area (Å²) in [5, 5.41) is 4.56. The van der Waals surface area contributed by atoms with Crippen molar-refractivity contribution in [1.29, 1.82) is 0 Å². The van der Waals surface area contributed by atoms with E-state index in [1.165, 1.54) is 0 Å². The molecular weight excluding hydrogens is 382 g/mol. The maximum absolute atomic E-state index is 12.6. The highest BCUT2D eigenvalue weighted by Gasteiger charge is 2.32. The van der Waals surface area contributed by atoms with Crippen molar-refractivity contribution in [2.75, 3.05) is 18.8 Å². The Hall–Kier alpha value is -2.26. The molecule has 0 aliphatic carbocycles. The Bertz CT molecular complexity index is 1090. The van der Waals surface area contributed by atoms with Gasteiger partial charge in [0.15, 0.2) is 0 Å². The Labute approximate surface area is 163 Å². The van der Waals surface area contributed by atoms with Crippen LogP contribution in [-0.2, 0) is 18.7 Å². The average molecular weight is 400 g/mol. The molecule has 7 nitrogen and oxygen atoms in total. The van der Waals surface area contributed by atoms with Crippen LogP contribution in [-0.4, -0.2) is 48.2 Å². The molecule has 1 saturated heterocycles. The first-order chi connectivity index (χ1) is 13.2. The zero-order chi connectivity index (χ0) is 18.4. The highest BCUT2D eigenvalue weighted by Crippen LogP contribution is 2.23. The second kappa shape index (κ2) is 6.72. The lowest BCUT2D eigenvalue weighted by Crippen LogP contribution is -2.52. The fraction of sp³-hybridized carbons (Fsp3) is 0.389. The van der Waals surface area contributed by atoms with Gasteiger partial charge in [-0.25, -0.2) is 4.68 Å². The van der Waals surface area contributed by atoms with E-state index in [0.717, 1.165) is 51.9 Å². The van der Waals surface area contributed by atoms with E-state index in [4.69, 9.17) is 0 Å². The number of hydrogen-bond donors (Lipinski definition) is 0. The zero-order valence-corrected chi connectivity index (χ0v) is 16.1. The Morgan fingerprint density at radius 1 is 1.19 bits per heavy atom. The molecule has 1 fully saturated rings. The predicted molar refractivity (Wildman–Crippen MR) is 105 cm³/mol. The van der Waals surface area contributed by atoms with Gasteiger partial charge in [-0.15, -0.1) is 0 Å². The van der Waals surface area contributed by atoms with Crippen molar-refractivity contribution in [3.8, 4) is 0 Å². The van der Waals surface area contributed by atoms with E-state index >= 15 is 0 Å². The number of nitrogens with zero attached hydrogens (tertiary/aromatic N) is 5. The molecule has 5 rings (SSSR count). The molecule has 0 N–H and O–H groups in total. The first-order valence-corrected chi connectivity index (χ1v) is 10.7. The second-order valence-electron chi connectivity index (χ2n) is 6.98. The highest BCUT2D eigenvalue weighted by atomic mass is 32.2. The minimum Gasteiger partial charge on any atom is -0.338 e. The third-order valence-corrected chi connectivity index (χ3v) is 6.65. The van der Waals surface area contributed by atoms with Gasteiger partial charge >= 0.3 is 0 Å². The Balaban J connectivity index is 1.25. The molecule has 0 atom stereocenters. The number of aryl methyl sites for hydroxylation is 1. The Kier molecular flexibility index (Phi) is 4.20. The molecule has 0 spiro atoms.